The lowest BCUT2D eigenvalue weighted by Crippen LogP contribution is -2.42. The Kier molecular flexibility index (Phi) is 4.95. The average molecular weight is 296 g/mol. The summed E-state index contributed by atoms with van der Waals surface area (Å²) in [6.45, 7) is 1.35. The Balaban J connectivity index is 3.03. The molecule has 0 saturated carbocycles. The van der Waals surface area contributed by atoms with Crippen molar-refractivity contribution in [3.63, 3.8) is 0 Å². The number of hydrogen-bond donors (Lipinski definition) is 3. The molecule has 1 aromatic rings. The number of nitrogens with zero attached hydrogens (tertiary/aromatic N) is 1. The molecule has 0 heterocycles. The zero-order valence-corrected chi connectivity index (χ0v) is 10.9. The molecule has 0 bridgehead atoms. The number of aliphatic carboxylic acids is 2. The van der Waals surface area contributed by atoms with E-state index in [1.165, 1.54) is 25.1 Å². The van der Waals surface area contributed by atoms with Gasteiger partial charge in [0.15, 0.2) is 0 Å². The molecular weight excluding hydrogens is 284 g/mol. The number of nitro benzene ring substituents is 1. The summed E-state index contributed by atoms with van der Waals surface area (Å²) in [5.74, 6) is -3.78. The second-order valence-corrected chi connectivity index (χ2v) is 4.17. The highest BCUT2D eigenvalue weighted by Crippen LogP contribution is 2.21. The lowest BCUT2D eigenvalue weighted by Gasteiger charge is -2.13. The average Bonchev–Trinajstić information content (AvgIpc) is 2.36. The molecule has 112 valence electrons. The van der Waals surface area contributed by atoms with E-state index in [4.69, 9.17) is 10.2 Å². The molecule has 1 aromatic carbocycles. The Labute approximate surface area is 118 Å². The van der Waals surface area contributed by atoms with E-state index in [0.717, 1.165) is 0 Å². The second-order valence-electron chi connectivity index (χ2n) is 4.17. The Bertz CT molecular complexity index is 612. The molecule has 1 rings (SSSR count). The monoisotopic (exact) mass is 296 g/mol. The van der Waals surface area contributed by atoms with E-state index in [-0.39, 0.29) is 16.8 Å². The van der Waals surface area contributed by atoms with Crippen molar-refractivity contribution in [3.05, 3.63) is 39.4 Å². The molecule has 0 aliphatic rings. The van der Waals surface area contributed by atoms with Gasteiger partial charge in [0.25, 0.3) is 11.6 Å². The van der Waals surface area contributed by atoms with Gasteiger partial charge in [-0.15, -0.1) is 0 Å². The van der Waals surface area contributed by atoms with E-state index >= 15 is 0 Å². The third-order valence-corrected chi connectivity index (χ3v) is 2.73. The zero-order chi connectivity index (χ0) is 16.2. The second kappa shape index (κ2) is 6.46. The number of rotatable bonds is 6. The van der Waals surface area contributed by atoms with Gasteiger partial charge in [-0.05, 0) is 13.0 Å². The van der Waals surface area contributed by atoms with Crippen LogP contribution < -0.4 is 5.32 Å². The predicted molar refractivity (Wildman–Crippen MR) is 69.0 cm³/mol. The van der Waals surface area contributed by atoms with Crippen LogP contribution in [-0.2, 0) is 9.59 Å². The maximum Gasteiger partial charge on any atom is 0.326 e. The van der Waals surface area contributed by atoms with Crippen molar-refractivity contribution in [3.8, 4) is 0 Å². The number of nitrogens with one attached hydrogen (secondary N) is 1. The maximum absolute atomic E-state index is 11.9. The fraction of sp³-hybridized carbons (Fsp3) is 0.250. The summed E-state index contributed by atoms with van der Waals surface area (Å²) in [7, 11) is 0. The summed E-state index contributed by atoms with van der Waals surface area (Å²) >= 11 is 0. The molecule has 0 radical (unpaired) electrons. The molecule has 0 unspecified atom stereocenters. The van der Waals surface area contributed by atoms with Crippen LogP contribution >= 0.6 is 0 Å². The number of carbonyl (C=O) groups excluding carboxylic acids is 1. The molecule has 0 spiro atoms. The molecule has 3 N–H and O–H groups in total. The van der Waals surface area contributed by atoms with Gasteiger partial charge in [0.05, 0.1) is 11.3 Å². The van der Waals surface area contributed by atoms with E-state index in [0.29, 0.717) is 0 Å². The molecule has 0 aliphatic heterocycles. The van der Waals surface area contributed by atoms with Gasteiger partial charge in [0, 0.05) is 17.2 Å². The summed E-state index contributed by atoms with van der Waals surface area (Å²) in [4.78, 5) is 43.5. The van der Waals surface area contributed by atoms with Crippen LogP contribution in [0.1, 0.15) is 22.3 Å². The minimum absolute atomic E-state index is 0.0689. The zero-order valence-electron chi connectivity index (χ0n) is 10.9. The lowest BCUT2D eigenvalue weighted by atomic mass is 10.1. The smallest absolute Gasteiger partial charge is 0.326 e. The first-order chi connectivity index (χ1) is 9.73. The third kappa shape index (κ3) is 4.00. The fourth-order valence-corrected chi connectivity index (χ4v) is 1.68. The van der Waals surface area contributed by atoms with E-state index in [1.807, 2.05) is 5.32 Å². The van der Waals surface area contributed by atoms with Crippen LogP contribution in [0.15, 0.2) is 18.2 Å². The SMILES string of the molecule is Cc1c(C(=O)N[C@@H](CC(=O)O)C(=O)O)cccc1[N+](=O)[O-]. The molecule has 0 fully saturated rings. The number of carboxylic acids is 2. The van der Waals surface area contributed by atoms with Gasteiger partial charge in [0.2, 0.25) is 0 Å². The first kappa shape index (κ1) is 16.1. The van der Waals surface area contributed by atoms with E-state index in [2.05, 4.69) is 0 Å². The van der Waals surface area contributed by atoms with Gasteiger partial charge >= 0.3 is 11.9 Å². The highest BCUT2D eigenvalue weighted by molar-refractivity contribution is 5.99. The number of hydrogen-bond acceptors (Lipinski definition) is 5. The van der Waals surface area contributed by atoms with Crippen LogP contribution in [-0.4, -0.2) is 39.0 Å². The first-order valence-corrected chi connectivity index (χ1v) is 5.73. The third-order valence-electron chi connectivity index (χ3n) is 2.73. The van der Waals surface area contributed by atoms with Crippen LogP contribution in [0.2, 0.25) is 0 Å². The number of amides is 1. The molecule has 9 nitrogen and oxygen atoms in total. The predicted octanol–water partition coefficient (Wildman–Crippen LogP) is 0.561. The molecule has 0 aromatic heterocycles. The van der Waals surface area contributed by atoms with Crippen molar-refractivity contribution in [2.24, 2.45) is 0 Å². The molecule has 1 atom stereocenters. The van der Waals surface area contributed by atoms with E-state index in [1.54, 1.807) is 0 Å². The highest BCUT2D eigenvalue weighted by Gasteiger charge is 2.25. The van der Waals surface area contributed by atoms with Crippen LogP contribution in [0, 0.1) is 17.0 Å². The van der Waals surface area contributed by atoms with Gasteiger partial charge in [-0.1, -0.05) is 6.07 Å². The molecule has 0 saturated heterocycles. The van der Waals surface area contributed by atoms with Crippen LogP contribution in [0.3, 0.4) is 0 Å². The number of carbonyl (C=O) groups is 3. The Morgan fingerprint density at radius 2 is 1.95 bits per heavy atom. The Morgan fingerprint density at radius 1 is 1.33 bits per heavy atom. The number of benzene rings is 1. The highest BCUT2D eigenvalue weighted by atomic mass is 16.6. The number of nitro groups is 1. The topological polar surface area (TPSA) is 147 Å². The largest absolute Gasteiger partial charge is 0.481 e. The standard InChI is InChI=1S/C12H12N2O7/c1-6-7(3-2-4-9(6)14(20)21)11(17)13-8(12(18)19)5-10(15)16/h2-4,8H,5H2,1H3,(H,13,17)(H,15,16)(H,18,19)/t8-/m0/s1. The van der Waals surface area contributed by atoms with Gasteiger partial charge in [0.1, 0.15) is 6.04 Å². The Morgan fingerprint density at radius 3 is 2.43 bits per heavy atom. The van der Waals surface area contributed by atoms with Crippen molar-refractivity contribution >= 4 is 23.5 Å². The van der Waals surface area contributed by atoms with Gasteiger partial charge in [-0.25, -0.2) is 4.79 Å². The molecule has 9 heteroatoms. The number of carboxylic acid groups (broad SMARTS) is 2. The molecular formula is C12H12N2O7. The van der Waals surface area contributed by atoms with Crippen LogP contribution in [0.25, 0.3) is 0 Å². The van der Waals surface area contributed by atoms with E-state index < -0.39 is 35.2 Å². The van der Waals surface area contributed by atoms with Gasteiger partial charge in [-0.3, -0.25) is 19.7 Å². The van der Waals surface area contributed by atoms with Crippen LogP contribution in [0.5, 0.6) is 0 Å². The van der Waals surface area contributed by atoms with Gasteiger partial charge < -0.3 is 15.5 Å². The quantitative estimate of drug-likeness (QED) is 0.513. The van der Waals surface area contributed by atoms with Gasteiger partial charge in [-0.2, -0.15) is 0 Å². The molecule has 1 amide bonds. The van der Waals surface area contributed by atoms with Crippen LogP contribution in [0.4, 0.5) is 5.69 Å². The normalized spacial score (nSPS) is 11.5. The van der Waals surface area contributed by atoms with Crippen molar-refractivity contribution in [1.29, 1.82) is 0 Å². The summed E-state index contributed by atoms with van der Waals surface area (Å²) in [5, 5.41) is 30.2. The molecule has 21 heavy (non-hydrogen) atoms. The minimum Gasteiger partial charge on any atom is -0.481 e. The minimum atomic E-state index is -1.62. The summed E-state index contributed by atoms with van der Waals surface area (Å²) in [5.41, 5.74) is -0.298. The van der Waals surface area contributed by atoms with Crippen molar-refractivity contribution in [2.45, 2.75) is 19.4 Å². The fourth-order valence-electron chi connectivity index (χ4n) is 1.68. The molecule has 0 aliphatic carbocycles. The first-order valence-electron chi connectivity index (χ1n) is 5.73. The lowest BCUT2D eigenvalue weighted by molar-refractivity contribution is -0.385. The van der Waals surface area contributed by atoms with Crippen molar-refractivity contribution in [2.75, 3.05) is 0 Å². The van der Waals surface area contributed by atoms with Crippen molar-refractivity contribution < 1.29 is 29.5 Å². The Hall–Kier alpha value is -2.97. The summed E-state index contributed by atoms with van der Waals surface area (Å²) in [6, 6.07) is 2.16. The maximum atomic E-state index is 11.9. The van der Waals surface area contributed by atoms with E-state index in [9.17, 15) is 24.5 Å². The summed E-state index contributed by atoms with van der Waals surface area (Å²) < 4.78 is 0. The summed E-state index contributed by atoms with van der Waals surface area (Å²) in [6.07, 6.45) is -0.797. The van der Waals surface area contributed by atoms with Crippen molar-refractivity contribution in [1.82, 2.24) is 5.32 Å².